The van der Waals surface area contributed by atoms with Gasteiger partial charge in [-0.25, -0.2) is 0 Å². The van der Waals surface area contributed by atoms with Gasteiger partial charge in [-0.2, -0.15) is 0 Å². The Balaban J connectivity index is 1.88. The number of fused-ring (bicyclic) bond motifs is 1. The van der Waals surface area contributed by atoms with E-state index in [4.69, 9.17) is 9.31 Å². The fourth-order valence-electron chi connectivity index (χ4n) is 4.38. The number of hydrogen-bond acceptors (Lipinski definition) is 2. The first-order valence-corrected chi connectivity index (χ1v) is 6.32. The van der Waals surface area contributed by atoms with Crippen LogP contribution in [0.15, 0.2) is 0 Å². The lowest BCUT2D eigenvalue weighted by molar-refractivity contribution is 0.288. The summed E-state index contributed by atoms with van der Waals surface area (Å²) in [6, 6.07) is 0. The van der Waals surface area contributed by atoms with Gasteiger partial charge in [0.05, 0.1) is 13.2 Å². The Morgan fingerprint density at radius 2 is 1.80 bits per heavy atom. The maximum Gasteiger partial charge on any atom is 0.464 e. The van der Waals surface area contributed by atoms with Crippen molar-refractivity contribution in [2.45, 2.75) is 45.3 Å². The highest BCUT2D eigenvalue weighted by molar-refractivity contribution is 6.51. The first kappa shape index (κ1) is 10.2. The summed E-state index contributed by atoms with van der Waals surface area (Å²) in [5, 5.41) is 0.348. The Kier molecular flexibility index (Phi) is 2.04. The second-order valence-corrected chi connectivity index (χ2v) is 6.27. The van der Waals surface area contributed by atoms with E-state index >= 15 is 0 Å². The van der Waals surface area contributed by atoms with Crippen LogP contribution in [-0.2, 0) is 9.31 Å². The molecule has 0 spiro atoms. The van der Waals surface area contributed by atoms with Crippen LogP contribution in [0.1, 0.15) is 40.0 Å². The molecule has 0 aromatic carbocycles. The van der Waals surface area contributed by atoms with E-state index in [2.05, 4.69) is 20.8 Å². The summed E-state index contributed by atoms with van der Waals surface area (Å²) < 4.78 is 11.6. The second kappa shape index (κ2) is 3.01. The molecule has 3 atom stereocenters. The fourth-order valence-corrected chi connectivity index (χ4v) is 4.38. The molecule has 2 nitrogen and oxygen atoms in total. The van der Waals surface area contributed by atoms with E-state index in [0.29, 0.717) is 10.7 Å². The molecular weight excluding hydrogens is 187 g/mol. The van der Waals surface area contributed by atoms with Crippen molar-refractivity contribution in [1.29, 1.82) is 0 Å². The lowest BCUT2D eigenvalue weighted by atomic mass is 9.58. The van der Waals surface area contributed by atoms with Gasteiger partial charge in [-0.3, -0.25) is 0 Å². The summed E-state index contributed by atoms with van der Waals surface area (Å²) in [4.78, 5) is 0. The van der Waals surface area contributed by atoms with Gasteiger partial charge in [0, 0.05) is 5.31 Å². The molecule has 0 aromatic rings. The fraction of sp³-hybridized carbons (Fsp3) is 1.00. The topological polar surface area (TPSA) is 18.5 Å². The molecule has 1 aliphatic heterocycles. The van der Waals surface area contributed by atoms with Crippen LogP contribution in [0.25, 0.3) is 0 Å². The van der Waals surface area contributed by atoms with Gasteiger partial charge in [-0.1, -0.05) is 27.2 Å². The zero-order valence-electron chi connectivity index (χ0n) is 10.1. The Morgan fingerprint density at radius 3 is 2.47 bits per heavy atom. The molecule has 3 heteroatoms. The average molecular weight is 208 g/mol. The molecule has 2 aliphatic carbocycles. The van der Waals surface area contributed by atoms with E-state index in [-0.39, 0.29) is 7.12 Å². The molecule has 2 saturated carbocycles. The lowest BCUT2D eigenvalue weighted by Gasteiger charge is -2.28. The molecule has 1 saturated heterocycles. The summed E-state index contributed by atoms with van der Waals surface area (Å²) in [6.45, 7) is 8.77. The van der Waals surface area contributed by atoms with E-state index in [9.17, 15) is 0 Å². The monoisotopic (exact) mass is 208 g/mol. The van der Waals surface area contributed by atoms with E-state index in [1.165, 1.54) is 19.3 Å². The minimum atomic E-state index is 0.0975. The molecule has 0 bridgehead atoms. The average Bonchev–Trinajstić information content (AvgIpc) is 2.59. The predicted molar refractivity (Wildman–Crippen MR) is 60.6 cm³/mol. The van der Waals surface area contributed by atoms with E-state index in [1.54, 1.807) is 0 Å². The van der Waals surface area contributed by atoms with Crippen LogP contribution in [0.3, 0.4) is 0 Å². The highest BCUT2D eigenvalue weighted by Crippen LogP contribution is 2.82. The molecule has 0 N–H and O–H groups in total. The third-order valence-electron chi connectivity index (χ3n) is 5.29. The maximum absolute atomic E-state index is 5.80. The smallest absolute Gasteiger partial charge is 0.408 e. The van der Waals surface area contributed by atoms with Gasteiger partial charge in [-0.05, 0) is 30.1 Å². The molecule has 3 unspecified atom stereocenters. The van der Waals surface area contributed by atoms with Crippen molar-refractivity contribution >= 4 is 7.12 Å². The highest BCUT2D eigenvalue weighted by Gasteiger charge is 2.78. The molecule has 3 aliphatic rings. The van der Waals surface area contributed by atoms with E-state index in [1.807, 2.05) is 0 Å². The SMILES string of the molecule is CC1CCC2C(C)(C)C2(B2OCCO2)C1. The summed E-state index contributed by atoms with van der Waals surface area (Å²) in [5.74, 6) is 1.68. The molecule has 15 heavy (non-hydrogen) atoms. The minimum absolute atomic E-state index is 0.0975. The van der Waals surface area contributed by atoms with Crippen molar-refractivity contribution in [2.75, 3.05) is 13.2 Å². The van der Waals surface area contributed by atoms with Crippen LogP contribution in [0.5, 0.6) is 0 Å². The third kappa shape index (κ3) is 1.14. The lowest BCUT2D eigenvalue weighted by Crippen LogP contribution is -2.31. The Labute approximate surface area is 92.9 Å². The van der Waals surface area contributed by atoms with Gasteiger partial charge in [0.15, 0.2) is 0 Å². The van der Waals surface area contributed by atoms with Gasteiger partial charge in [0.1, 0.15) is 0 Å². The Bertz CT molecular complexity index is 273. The molecule has 0 radical (unpaired) electrons. The van der Waals surface area contributed by atoms with E-state index < -0.39 is 0 Å². The molecule has 84 valence electrons. The van der Waals surface area contributed by atoms with Crippen LogP contribution >= 0.6 is 0 Å². The Morgan fingerprint density at radius 1 is 1.13 bits per heavy atom. The Hall–Kier alpha value is -0.0151. The molecule has 1 heterocycles. The normalized spacial score (nSPS) is 47.8. The molecule has 0 amide bonds. The molecule has 3 rings (SSSR count). The zero-order valence-corrected chi connectivity index (χ0v) is 10.1. The molecule has 0 aromatic heterocycles. The first-order valence-electron chi connectivity index (χ1n) is 6.32. The predicted octanol–water partition coefficient (Wildman–Crippen LogP) is 2.74. The van der Waals surface area contributed by atoms with Gasteiger partial charge in [-0.15, -0.1) is 0 Å². The quantitative estimate of drug-likeness (QED) is 0.617. The van der Waals surface area contributed by atoms with Crippen LogP contribution in [0.4, 0.5) is 0 Å². The first-order chi connectivity index (χ1) is 7.09. The number of rotatable bonds is 1. The van der Waals surface area contributed by atoms with Crippen LogP contribution < -0.4 is 0 Å². The zero-order chi connectivity index (χ0) is 10.7. The number of hydrogen-bond donors (Lipinski definition) is 0. The van der Waals surface area contributed by atoms with Crippen molar-refractivity contribution in [3.63, 3.8) is 0 Å². The van der Waals surface area contributed by atoms with E-state index in [0.717, 1.165) is 25.0 Å². The van der Waals surface area contributed by atoms with Gasteiger partial charge in [0.2, 0.25) is 0 Å². The third-order valence-corrected chi connectivity index (χ3v) is 5.29. The molecule has 3 fully saturated rings. The standard InChI is InChI=1S/C12H21BO2/c1-9-4-5-10-11(2,3)12(10,8-9)13-14-6-7-15-13/h9-10H,4-8H2,1-3H3. The summed E-state index contributed by atoms with van der Waals surface area (Å²) in [5.41, 5.74) is 0.437. The van der Waals surface area contributed by atoms with Crippen molar-refractivity contribution in [3.8, 4) is 0 Å². The van der Waals surface area contributed by atoms with Crippen molar-refractivity contribution in [2.24, 2.45) is 17.3 Å². The second-order valence-electron chi connectivity index (χ2n) is 6.27. The van der Waals surface area contributed by atoms with Crippen LogP contribution in [0.2, 0.25) is 5.31 Å². The van der Waals surface area contributed by atoms with Crippen molar-refractivity contribution in [3.05, 3.63) is 0 Å². The minimum Gasteiger partial charge on any atom is -0.408 e. The van der Waals surface area contributed by atoms with Gasteiger partial charge < -0.3 is 9.31 Å². The summed E-state index contributed by atoms with van der Waals surface area (Å²) in [7, 11) is 0.0975. The van der Waals surface area contributed by atoms with Gasteiger partial charge >= 0.3 is 7.12 Å². The van der Waals surface area contributed by atoms with Crippen molar-refractivity contribution in [1.82, 2.24) is 0 Å². The maximum atomic E-state index is 5.80. The highest BCUT2D eigenvalue weighted by atomic mass is 16.6. The van der Waals surface area contributed by atoms with Crippen LogP contribution in [0, 0.1) is 17.3 Å². The summed E-state index contributed by atoms with van der Waals surface area (Å²) in [6.07, 6.45) is 4.06. The van der Waals surface area contributed by atoms with Gasteiger partial charge in [0.25, 0.3) is 0 Å². The summed E-state index contributed by atoms with van der Waals surface area (Å²) >= 11 is 0. The molecular formula is C12H21BO2. The van der Waals surface area contributed by atoms with Crippen molar-refractivity contribution < 1.29 is 9.31 Å². The van der Waals surface area contributed by atoms with Crippen LogP contribution in [-0.4, -0.2) is 20.3 Å². The largest absolute Gasteiger partial charge is 0.464 e.